The van der Waals surface area contributed by atoms with Gasteiger partial charge in [-0.25, -0.2) is 0 Å². The Hall–Kier alpha value is -1.62. The summed E-state index contributed by atoms with van der Waals surface area (Å²) in [5.74, 6) is 1.77. The van der Waals surface area contributed by atoms with Crippen molar-refractivity contribution in [2.45, 2.75) is 19.8 Å². The van der Waals surface area contributed by atoms with Crippen molar-refractivity contribution in [3.05, 3.63) is 12.1 Å². The average molecular weight is 269 g/mol. The third-order valence-corrected chi connectivity index (χ3v) is 2.64. The maximum atomic E-state index is 5.88. The first-order valence-corrected chi connectivity index (χ1v) is 6.45. The number of unbranched alkanes of at least 4 members (excludes halogenated alkanes) is 1. The summed E-state index contributed by atoms with van der Waals surface area (Å²) in [7, 11) is 3.14. The molecule has 1 rings (SSSR count). The average Bonchev–Trinajstić information content (AvgIpc) is 2.43. The van der Waals surface area contributed by atoms with Crippen molar-refractivity contribution in [3.8, 4) is 17.2 Å². The highest BCUT2D eigenvalue weighted by atomic mass is 16.5. The summed E-state index contributed by atoms with van der Waals surface area (Å²) in [5, 5.41) is 0. The van der Waals surface area contributed by atoms with Crippen LogP contribution in [0.25, 0.3) is 0 Å². The van der Waals surface area contributed by atoms with Crippen molar-refractivity contribution in [2.75, 3.05) is 39.8 Å². The van der Waals surface area contributed by atoms with Gasteiger partial charge in [0.05, 0.1) is 26.5 Å². The van der Waals surface area contributed by atoms with Crippen LogP contribution < -0.4 is 19.9 Å². The molecule has 0 aliphatic rings. The highest BCUT2D eigenvalue weighted by Gasteiger charge is 2.09. The van der Waals surface area contributed by atoms with E-state index in [1.807, 2.05) is 0 Å². The molecule has 1 aromatic rings. The van der Waals surface area contributed by atoms with E-state index in [2.05, 4.69) is 6.92 Å². The molecule has 5 heteroatoms. The van der Waals surface area contributed by atoms with Crippen LogP contribution in [0, 0.1) is 0 Å². The molecule has 0 fully saturated rings. The summed E-state index contributed by atoms with van der Waals surface area (Å²) in [5.41, 5.74) is 6.40. The molecule has 0 heterocycles. The van der Waals surface area contributed by atoms with Crippen LogP contribution in [0.3, 0.4) is 0 Å². The molecule has 0 aliphatic carbocycles. The van der Waals surface area contributed by atoms with Gasteiger partial charge < -0.3 is 24.7 Å². The molecule has 0 aliphatic heterocycles. The Morgan fingerprint density at radius 1 is 0.947 bits per heavy atom. The Bertz CT molecular complexity index is 382. The van der Waals surface area contributed by atoms with Crippen molar-refractivity contribution in [1.29, 1.82) is 0 Å². The normalized spacial score (nSPS) is 10.3. The second-order valence-electron chi connectivity index (χ2n) is 4.06. The van der Waals surface area contributed by atoms with Crippen LogP contribution in [0.5, 0.6) is 17.2 Å². The predicted molar refractivity (Wildman–Crippen MR) is 75.2 cm³/mol. The van der Waals surface area contributed by atoms with Gasteiger partial charge in [-0.2, -0.15) is 0 Å². The van der Waals surface area contributed by atoms with Gasteiger partial charge in [-0.15, -0.1) is 0 Å². The van der Waals surface area contributed by atoms with Crippen LogP contribution in [0.15, 0.2) is 12.1 Å². The minimum Gasteiger partial charge on any atom is -0.493 e. The first kappa shape index (κ1) is 15.4. The van der Waals surface area contributed by atoms with Gasteiger partial charge in [0, 0.05) is 18.7 Å². The lowest BCUT2D eigenvalue weighted by atomic mass is 10.2. The molecule has 0 saturated carbocycles. The van der Waals surface area contributed by atoms with Gasteiger partial charge in [-0.1, -0.05) is 13.3 Å². The Morgan fingerprint density at radius 2 is 1.63 bits per heavy atom. The van der Waals surface area contributed by atoms with Gasteiger partial charge in [-0.05, 0) is 6.42 Å². The molecular weight excluding hydrogens is 246 g/mol. The van der Waals surface area contributed by atoms with E-state index < -0.39 is 0 Å². The maximum absolute atomic E-state index is 5.88. The van der Waals surface area contributed by atoms with E-state index in [4.69, 9.17) is 24.7 Å². The van der Waals surface area contributed by atoms with E-state index in [1.54, 1.807) is 26.4 Å². The van der Waals surface area contributed by atoms with Crippen molar-refractivity contribution < 1.29 is 18.9 Å². The summed E-state index contributed by atoms with van der Waals surface area (Å²) in [6.45, 7) is 3.91. The van der Waals surface area contributed by atoms with E-state index in [9.17, 15) is 0 Å². The fourth-order valence-electron chi connectivity index (χ4n) is 1.56. The standard InChI is InChI=1S/C14H23NO4/c1-4-5-6-18-7-8-19-12-10-14(17-3)13(16-2)9-11(12)15/h9-10H,4-8,15H2,1-3H3. The van der Waals surface area contributed by atoms with E-state index in [0.29, 0.717) is 36.1 Å². The summed E-state index contributed by atoms with van der Waals surface area (Å²) < 4.78 is 21.3. The van der Waals surface area contributed by atoms with Crippen LogP contribution in [0.4, 0.5) is 5.69 Å². The van der Waals surface area contributed by atoms with Crippen LogP contribution in [-0.4, -0.2) is 34.0 Å². The molecule has 108 valence electrons. The molecule has 0 amide bonds. The topological polar surface area (TPSA) is 62.9 Å². The third-order valence-electron chi connectivity index (χ3n) is 2.64. The summed E-state index contributed by atoms with van der Waals surface area (Å²) in [6.07, 6.45) is 2.20. The second kappa shape index (κ2) is 8.48. The number of ether oxygens (including phenoxy) is 4. The first-order valence-electron chi connectivity index (χ1n) is 6.45. The highest BCUT2D eigenvalue weighted by Crippen LogP contribution is 2.36. The molecule has 2 N–H and O–H groups in total. The van der Waals surface area contributed by atoms with Gasteiger partial charge in [0.25, 0.3) is 0 Å². The Labute approximate surface area is 114 Å². The van der Waals surface area contributed by atoms with Crippen molar-refractivity contribution in [1.82, 2.24) is 0 Å². The number of nitrogen functional groups attached to an aromatic ring is 1. The number of benzene rings is 1. The maximum Gasteiger partial charge on any atom is 0.164 e. The SMILES string of the molecule is CCCCOCCOc1cc(OC)c(OC)cc1N. The van der Waals surface area contributed by atoms with Gasteiger partial charge in [0.1, 0.15) is 12.4 Å². The Balaban J connectivity index is 2.49. The monoisotopic (exact) mass is 269 g/mol. The minimum atomic E-state index is 0.462. The molecule has 5 nitrogen and oxygen atoms in total. The lowest BCUT2D eigenvalue weighted by Gasteiger charge is -2.13. The first-order chi connectivity index (χ1) is 9.22. The van der Waals surface area contributed by atoms with Crippen LogP contribution in [0.2, 0.25) is 0 Å². The number of methoxy groups -OCH3 is 2. The highest BCUT2D eigenvalue weighted by molar-refractivity contribution is 5.61. The number of hydrogen-bond donors (Lipinski definition) is 1. The fourth-order valence-corrected chi connectivity index (χ4v) is 1.56. The molecule has 0 saturated heterocycles. The fraction of sp³-hybridized carbons (Fsp3) is 0.571. The summed E-state index contributed by atoms with van der Waals surface area (Å²) in [6, 6.07) is 3.41. The molecule has 0 bridgehead atoms. The molecule has 0 unspecified atom stereocenters. The van der Waals surface area contributed by atoms with Crippen LogP contribution in [0.1, 0.15) is 19.8 Å². The number of nitrogens with two attached hydrogens (primary N) is 1. The Morgan fingerprint density at radius 3 is 2.26 bits per heavy atom. The van der Waals surface area contributed by atoms with Gasteiger partial charge in [-0.3, -0.25) is 0 Å². The smallest absolute Gasteiger partial charge is 0.164 e. The lowest BCUT2D eigenvalue weighted by molar-refractivity contribution is 0.0982. The lowest BCUT2D eigenvalue weighted by Crippen LogP contribution is -2.08. The third kappa shape index (κ3) is 4.87. The zero-order valence-corrected chi connectivity index (χ0v) is 11.9. The van der Waals surface area contributed by atoms with E-state index in [-0.39, 0.29) is 0 Å². The molecule has 0 aromatic heterocycles. The zero-order chi connectivity index (χ0) is 14.1. The number of hydrogen-bond acceptors (Lipinski definition) is 5. The quantitative estimate of drug-likeness (QED) is 0.551. The largest absolute Gasteiger partial charge is 0.493 e. The van der Waals surface area contributed by atoms with E-state index in [1.165, 1.54) is 0 Å². The molecule has 19 heavy (non-hydrogen) atoms. The molecule has 1 aromatic carbocycles. The Kier molecular flexibility index (Phi) is 6.89. The van der Waals surface area contributed by atoms with Gasteiger partial charge >= 0.3 is 0 Å². The summed E-state index contributed by atoms with van der Waals surface area (Å²) >= 11 is 0. The minimum absolute atomic E-state index is 0.462. The number of anilines is 1. The molecular formula is C14H23NO4. The van der Waals surface area contributed by atoms with Crippen molar-refractivity contribution in [3.63, 3.8) is 0 Å². The molecule has 0 atom stereocenters. The van der Waals surface area contributed by atoms with Crippen molar-refractivity contribution >= 4 is 5.69 Å². The van der Waals surface area contributed by atoms with Gasteiger partial charge in [0.2, 0.25) is 0 Å². The van der Waals surface area contributed by atoms with Crippen LogP contribution >= 0.6 is 0 Å². The number of rotatable bonds is 9. The van der Waals surface area contributed by atoms with Crippen molar-refractivity contribution in [2.24, 2.45) is 0 Å². The van der Waals surface area contributed by atoms with Gasteiger partial charge in [0.15, 0.2) is 11.5 Å². The zero-order valence-electron chi connectivity index (χ0n) is 11.9. The van der Waals surface area contributed by atoms with E-state index in [0.717, 1.165) is 19.4 Å². The second-order valence-corrected chi connectivity index (χ2v) is 4.06. The van der Waals surface area contributed by atoms with Crippen LogP contribution in [-0.2, 0) is 4.74 Å². The summed E-state index contributed by atoms with van der Waals surface area (Å²) in [4.78, 5) is 0. The molecule has 0 radical (unpaired) electrons. The predicted octanol–water partition coefficient (Wildman–Crippen LogP) is 2.48. The molecule has 0 spiro atoms. The van der Waals surface area contributed by atoms with E-state index >= 15 is 0 Å².